The first-order valence-electron chi connectivity index (χ1n) is 3.94. The molecule has 1 aliphatic rings. The molecule has 0 bridgehead atoms. The molecule has 2 rings (SSSR count). The molecule has 1 heterocycles. The molecule has 12 heavy (non-hydrogen) atoms. The van der Waals surface area contributed by atoms with Crippen LogP contribution in [0.25, 0.3) is 6.08 Å². The summed E-state index contributed by atoms with van der Waals surface area (Å²) in [5.41, 5.74) is 2.24. The predicted octanol–water partition coefficient (Wildman–Crippen LogP) is 1.83. The van der Waals surface area contributed by atoms with E-state index in [1.807, 2.05) is 12.1 Å². The van der Waals surface area contributed by atoms with Crippen LogP contribution in [0.2, 0.25) is 0 Å². The second kappa shape index (κ2) is 2.55. The minimum atomic E-state index is 0.283. The first-order valence-corrected chi connectivity index (χ1v) is 3.94. The summed E-state index contributed by atoms with van der Waals surface area (Å²) in [6.45, 7) is 2.07. The third-order valence-corrected chi connectivity index (χ3v) is 2.06. The van der Waals surface area contributed by atoms with Crippen LogP contribution in [-0.4, -0.2) is 5.11 Å². The van der Waals surface area contributed by atoms with Gasteiger partial charge in [0, 0.05) is 6.04 Å². The molecule has 1 atom stereocenters. The number of benzene rings is 1. The average molecular weight is 160 g/mol. The van der Waals surface area contributed by atoms with Crippen LogP contribution in [0.4, 0.5) is 0 Å². The zero-order valence-corrected chi connectivity index (χ0v) is 6.83. The first kappa shape index (κ1) is 7.22. The van der Waals surface area contributed by atoms with E-state index >= 15 is 0 Å². The van der Waals surface area contributed by atoms with Gasteiger partial charge in [-0.15, -0.1) is 0 Å². The summed E-state index contributed by atoms with van der Waals surface area (Å²) < 4.78 is 0. The highest BCUT2D eigenvalue weighted by Gasteiger charge is 2.11. The third-order valence-electron chi connectivity index (χ3n) is 2.06. The Morgan fingerprint density at radius 2 is 2.33 bits per heavy atom. The van der Waals surface area contributed by atoms with Gasteiger partial charge in [-0.3, -0.25) is 0 Å². The third kappa shape index (κ3) is 1.05. The smallest absolute Gasteiger partial charge is 0.116 e. The summed E-state index contributed by atoms with van der Waals surface area (Å²) >= 11 is 0. The van der Waals surface area contributed by atoms with Crippen molar-refractivity contribution in [3.8, 4) is 5.75 Å². The van der Waals surface area contributed by atoms with Gasteiger partial charge in [0.2, 0.25) is 0 Å². The monoisotopic (exact) mass is 160 g/mol. The molecule has 2 nitrogen and oxygen atoms in total. The average Bonchev–Trinajstić information content (AvgIpc) is 2.04. The topological polar surface area (TPSA) is 32.3 Å². The highest BCUT2D eigenvalue weighted by Crippen LogP contribution is 2.25. The van der Waals surface area contributed by atoms with Crippen molar-refractivity contribution in [1.82, 2.24) is 5.32 Å². The van der Waals surface area contributed by atoms with Crippen molar-refractivity contribution in [2.24, 2.45) is 0 Å². The summed E-state index contributed by atoms with van der Waals surface area (Å²) in [5, 5.41) is 12.3. The van der Waals surface area contributed by atoms with Gasteiger partial charge in [-0.2, -0.15) is 0 Å². The van der Waals surface area contributed by atoms with Crippen molar-refractivity contribution in [1.29, 1.82) is 0 Å². The van der Waals surface area contributed by atoms with E-state index in [2.05, 4.69) is 18.4 Å². The van der Waals surface area contributed by atoms with E-state index in [0.717, 1.165) is 5.56 Å². The van der Waals surface area contributed by atoms with Crippen molar-refractivity contribution < 1.29 is 5.11 Å². The van der Waals surface area contributed by atoms with Crippen LogP contribution in [0.1, 0.15) is 24.1 Å². The lowest BCUT2D eigenvalue weighted by molar-refractivity contribution is 0.474. The van der Waals surface area contributed by atoms with Gasteiger partial charge >= 0.3 is 0 Å². The molecule has 0 saturated carbocycles. The molecule has 2 N–H and O–H groups in total. The van der Waals surface area contributed by atoms with E-state index in [4.69, 9.17) is 0 Å². The minimum absolute atomic E-state index is 0.283. The molecule has 0 fully saturated rings. The molecule has 61 valence electrons. The number of phenols is 1. The van der Waals surface area contributed by atoms with Gasteiger partial charge < -0.3 is 10.4 Å². The van der Waals surface area contributed by atoms with Crippen LogP contribution < -0.4 is 5.32 Å². The molecule has 0 saturated heterocycles. The molecule has 1 aromatic rings. The van der Waals surface area contributed by atoms with Crippen LogP contribution >= 0.6 is 0 Å². The Kier molecular flexibility index (Phi) is 1.54. The van der Waals surface area contributed by atoms with Crippen LogP contribution in [0.15, 0.2) is 18.2 Å². The fourth-order valence-corrected chi connectivity index (χ4v) is 1.40. The standard InChI is InChI=1S/C10H10NO/c1-7-10-3-2-9(12)6-8(10)4-5-11-7/h2-4,6-7,11-12H,1H3. The Bertz CT molecular complexity index is 331. The quantitative estimate of drug-likeness (QED) is 0.606. The highest BCUT2D eigenvalue weighted by atomic mass is 16.3. The maximum absolute atomic E-state index is 9.21. The molecule has 1 aromatic carbocycles. The largest absolute Gasteiger partial charge is 0.508 e. The fourth-order valence-electron chi connectivity index (χ4n) is 1.40. The maximum Gasteiger partial charge on any atom is 0.116 e. The van der Waals surface area contributed by atoms with Gasteiger partial charge in [0.05, 0.1) is 6.20 Å². The van der Waals surface area contributed by atoms with Gasteiger partial charge in [0.15, 0.2) is 0 Å². The molecule has 0 amide bonds. The second-order valence-corrected chi connectivity index (χ2v) is 2.97. The normalized spacial score (nSPS) is 19.9. The van der Waals surface area contributed by atoms with Crippen molar-refractivity contribution >= 4 is 6.08 Å². The number of aromatic hydroxyl groups is 1. The predicted molar refractivity (Wildman–Crippen MR) is 47.4 cm³/mol. The van der Waals surface area contributed by atoms with Crippen molar-refractivity contribution in [3.63, 3.8) is 0 Å². The van der Waals surface area contributed by atoms with Gasteiger partial charge in [0.1, 0.15) is 5.75 Å². The maximum atomic E-state index is 9.21. The zero-order chi connectivity index (χ0) is 8.55. The Labute approximate surface area is 71.5 Å². The van der Waals surface area contributed by atoms with Gasteiger partial charge in [-0.1, -0.05) is 6.07 Å². The fraction of sp³-hybridized carbons (Fsp3) is 0.200. The number of fused-ring (bicyclic) bond motifs is 1. The molecule has 2 heteroatoms. The second-order valence-electron chi connectivity index (χ2n) is 2.97. The number of rotatable bonds is 0. The first-order chi connectivity index (χ1) is 5.77. The van der Waals surface area contributed by atoms with Gasteiger partial charge in [-0.05, 0) is 36.3 Å². The summed E-state index contributed by atoms with van der Waals surface area (Å²) in [7, 11) is 0. The lowest BCUT2D eigenvalue weighted by atomic mass is 9.99. The molecule has 0 spiro atoms. The summed E-state index contributed by atoms with van der Waals surface area (Å²) in [4.78, 5) is 0. The molecule has 0 aliphatic carbocycles. The number of phenolic OH excluding ortho intramolecular Hbond substituents is 1. The highest BCUT2D eigenvalue weighted by molar-refractivity contribution is 5.57. The Balaban J connectivity index is 2.55. The molecule has 1 aliphatic heterocycles. The zero-order valence-electron chi connectivity index (χ0n) is 6.83. The SMILES string of the molecule is CC1N[C]=Cc2cc(O)ccc21. The van der Waals surface area contributed by atoms with Crippen LogP contribution in [0.5, 0.6) is 5.75 Å². The van der Waals surface area contributed by atoms with E-state index in [9.17, 15) is 5.11 Å². The van der Waals surface area contributed by atoms with E-state index < -0.39 is 0 Å². The van der Waals surface area contributed by atoms with Crippen LogP contribution in [0, 0.1) is 6.20 Å². The minimum Gasteiger partial charge on any atom is -0.508 e. The Hall–Kier alpha value is -1.44. The Morgan fingerprint density at radius 1 is 1.50 bits per heavy atom. The lowest BCUT2D eigenvalue weighted by Gasteiger charge is -2.18. The van der Waals surface area contributed by atoms with E-state index in [1.54, 1.807) is 12.1 Å². The van der Waals surface area contributed by atoms with Gasteiger partial charge in [0.25, 0.3) is 0 Å². The summed E-state index contributed by atoms with van der Waals surface area (Å²) in [6, 6.07) is 5.67. The van der Waals surface area contributed by atoms with Crippen molar-refractivity contribution in [3.05, 3.63) is 35.5 Å². The molecule has 0 aromatic heterocycles. The molecule has 1 radical (unpaired) electrons. The van der Waals surface area contributed by atoms with Gasteiger partial charge in [-0.25, -0.2) is 0 Å². The summed E-state index contributed by atoms with van der Waals surface area (Å²) in [6.07, 6.45) is 4.77. The van der Waals surface area contributed by atoms with Crippen molar-refractivity contribution in [2.75, 3.05) is 0 Å². The van der Waals surface area contributed by atoms with E-state index in [1.165, 1.54) is 5.56 Å². The summed E-state index contributed by atoms with van der Waals surface area (Å²) in [5.74, 6) is 0.306. The number of hydrogen-bond acceptors (Lipinski definition) is 2. The van der Waals surface area contributed by atoms with Crippen LogP contribution in [0.3, 0.4) is 0 Å². The molecular formula is C10H10NO. The molecular weight excluding hydrogens is 150 g/mol. The van der Waals surface area contributed by atoms with Crippen molar-refractivity contribution in [2.45, 2.75) is 13.0 Å². The number of nitrogens with one attached hydrogen (secondary N) is 1. The number of hydrogen-bond donors (Lipinski definition) is 2. The van der Waals surface area contributed by atoms with E-state index in [-0.39, 0.29) is 6.04 Å². The van der Waals surface area contributed by atoms with E-state index in [0.29, 0.717) is 5.75 Å². The Morgan fingerprint density at radius 3 is 3.17 bits per heavy atom. The van der Waals surface area contributed by atoms with Crippen LogP contribution in [-0.2, 0) is 0 Å². The lowest BCUT2D eigenvalue weighted by Crippen LogP contribution is -2.16. The molecule has 1 unspecified atom stereocenters.